The molecule has 26 heavy (non-hydrogen) atoms. The van der Waals surface area contributed by atoms with E-state index in [0.29, 0.717) is 18.9 Å². The van der Waals surface area contributed by atoms with E-state index in [0.717, 1.165) is 41.8 Å². The largest absolute Gasteiger partial charge is 0.355 e. The number of thiazole rings is 1. The molecule has 1 saturated heterocycles. The Morgan fingerprint density at radius 3 is 2.81 bits per heavy atom. The summed E-state index contributed by atoms with van der Waals surface area (Å²) in [6.45, 7) is 7.55. The lowest BCUT2D eigenvalue weighted by molar-refractivity contribution is -0.121. The maximum Gasteiger partial charge on any atom is 0.220 e. The zero-order valence-electron chi connectivity index (χ0n) is 15.6. The summed E-state index contributed by atoms with van der Waals surface area (Å²) in [5.41, 5.74) is 2.06. The number of nitrogens with one attached hydrogen (secondary N) is 1. The number of aromatic nitrogens is 2. The van der Waals surface area contributed by atoms with Crippen LogP contribution in [0.3, 0.4) is 0 Å². The van der Waals surface area contributed by atoms with Gasteiger partial charge in [0.25, 0.3) is 0 Å². The molecule has 0 bridgehead atoms. The molecule has 1 amide bonds. The number of amides is 1. The number of carbonyl (C=O) groups is 1. The van der Waals surface area contributed by atoms with Gasteiger partial charge in [0.2, 0.25) is 5.91 Å². The number of carbonyl (C=O) groups excluding carboxylic acids is 1. The van der Waals surface area contributed by atoms with Crippen LogP contribution in [0.1, 0.15) is 38.8 Å². The highest BCUT2D eigenvalue weighted by Gasteiger charge is 2.20. The van der Waals surface area contributed by atoms with E-state index in [-0.39, 0.29) is 5.91 Å². The highest BCUT2D eigenvalue weighted by atomic mass is 32.1. The lowest BCUT2D eigenvalue weighted by Gasteiger charge is -2.35. The van der Waals surface area contributed by atoms with Crippen molar-refractivity contribution >= 4 is 17.2 Å². The van der Waals surface area contributed by atoms with Gasteiger partial charge < -0.3 is 5.32 Å². The predicted molar refractivity (Wildman–Crippen MR) is 106 cm³/mol. The minimum atomic E-state index is 0.112. The van der Waals surface area contributed by atoms with Crippen LogP contribution in [0.25, 0.3) is 10.6 Å². The second kappa shape index (κ2) is 9.24. The maximum atomic E-state index is 12.2. The molecule has 1 aliphatic heterocycles. The van der Waals surface area contributed by atoms with Crippen LogP contribution in [-0.2, 0) is 11.2 Å². The van der Waals surface area contributed by atoms with Gasteiger partial charge in [-0.25, -0.2) is 4.98 Å². The molecule has 6 heteroatoms. The van der Waals surface area contributed by atoms with Crippen molar-refractivity contribution in [1.82, 2.24) is 20.2 Å². The number of nitrogens with zero attached hydrogens (tertiary/aromatic N) is 3. The Bertz CT molecular complexity index is 695. The molecule has 0 spiro atoms. The molecule has 1 N–H and O–H groups in total. The summed E-state index contributed by atoms with van der Waals surface area (Å²) in [6, 6.07) is 4.32. The third kappa shape index (κ3) is 5.35. The van der Waals surface area contributed by atoms with E-state index in [1.165, 1.54) is 12.8 Å². The molecule has 3 rings (SSSR count). The summed E-state index contributed by atoms with van der Waals surface area (Å²) in [5.74, 6) is 0.948. The Balaban J connectivity index is 1.40. The summed E-state index contributed by atoms with van der Waals surface area (Å²) >= 11 is 1.61. The number of pyridine rings is 1. The summed E-state index contributed by atoms with van der Waals surface area (Å²) in [6.07, 6.45) is 7.25. The fourth-order valence-corrected chi connectivity index (χ4v) is 4.10. The van der Waals surface area contributed by atoms with Crippen LogP contribution in [0.4, 0.5) is 0 Å². The first-order chi connectivity index (χ1) is 12.6. The first-order valence-electron chi connectivity index (χ1n) is 9.47. The molecule has 1 fully saturated rings. The van der Waals surface area contributed by atoms with Gasteiger partial charge >= 0.3 is 0 Å². The van der Waals surface area contributed by atoms with E-state index in [9.17, 15) is 4.79 Å². The molecule has 3 heterocycles. The van der Waals surface area contributed by atoms with E-state index in [4.69, 9.17) is 0 Å². The lowest BCUT2D eigenvalue weighted by atomic mass is 9.98. The van der Waals surface area contributed by atoms with Gasteiger partial charge in [0.05, 0.1) is 5.69 Å². The van der Waals surface area contributed by atoms with Gasteiger partial charge in [0, 0.05) is 42.3 Å². The van der Waals surface area contributed by atoms with Crippen molar-refractivity contribution in [1.29, 1.82) is 0 Å². The molecule has 0 saturated carbocycles. The SMILES string of the molecule is CC1CCN(C(C)CNC(=O)CCc2csc(-c3ccncc3)n2)CC1. The molecule has 0 radical (unpaired) electrons. The van der Waals surface area contributed by atoms with E-state index >= 15 is 0 Å². The van der Waals surface area contributed by atoms with Gasteiger partial charge in [-0.1, -0.05) is 6.92 Å². The maximum absolute atomic E-state index is 12.2. The quantitative estimate of drug-likeness (QED) is 0.809. The summed E-state index contributed by atoms with van der Waals surface area (Å²) < 4.78 is 0. The Hall–Kier alpha value is -1.79. The zero-order valence-corrected chi connectivity index (χ0v) is 16.5. The average Bonchev–Trinajstić information content (AvgIpc) is 3.15. The van der Waals surface area contributed by atoms with Crippen molar-refractivity contribution in [2.24, 2.45) is 5.92 Å². The van der Waals surface area contributed by atoms with Crippen molar-refractivity contribution in [3.05, 3.63) is 35.6 Å². The van der Waals surface area contributed by atoms with Crippen LogP contribution in [0.2, 0.25) is 0 Å². The number of piperidine rings is 1. The summed E-state index contributed by atoms with van der Waals surface area (Å²) in [7, 11) is 0. The van der Waals surface area contributed by atoms with Crippen LogP contribution in [0, 0.1) is 5.92 Å². The molecular weight excluding hydrogens is 344 g/mol. The van der Waals surface area contributed by atoms with Gasteiger partial charge in [-0.3, -0.25) is 14.7 Å². The Morgan fingerprint density at radius 1 is 1.35 bits per heavy atom. The number of aryl methyl sites for hydroxylation is 1. The summed E-state index contributed by atoms with van der Waals surface area (Å²) in [5, 5.41) is 6.11. The second-order valence-electron chi connectivity index (χ2n) is 7.25. The number of hydrogen-bond acceptors (Lipinski definition) is 5. The minimum Gasteiger partial charge on any atom is -0.355 e. The normalized spacial score (nSPS) is 17.2. The van der Waals surface area contributed by atoms with E-state index in [2.05, 4.69) is 34.0 Å². The Kier molecular flexibility index (Phi) is 6.74. The standard InChI is InChI=1S/C20H28N4OS/c1-15-7-11-24(12-8-15)16(2)13-22-19(25)4-3-18-14-26-20(23-18)17-5-9-21-10-6-17/h5-6,9-10,14-16H,3-4,7-8,11-13H2,1-2H3,(H,22,25). The van der Waals surface area contributed by atoms with Crippen molar-refractivity contribution < 1.29 is 4.79 Å². The van der Waals surface area contributed by atoms with Gasteiger partial charge in [0.1, 0.15) is 5.01 Å². The predicted octanol–water partition coefficient (Wildman–Crippen LogP) is 3.37. The van der Waals surface area contributed by atoms with Crippen LogP contribution >= 0.6 is 11.3 Å². The molecule has 5 nitrogen and oxygen atoms in total. The number of hydrogen-bond donors (Lipinski definition) is 1. The number of rotatable bonds is 7. The second-order valence-corrected chi connectivity index (χ2v) is 8.11. The molecule has 1 unspecified atom stereocenters. The van der Waals surface area contributed by atoms with Crippen LogP contribution in [-0.4, -0.2) is 46.5 Å². The van der Waals surface area contributed by atoms with Crippen LogP contribution in [0.5, 0.6) is 0 Å². The van der Waals surface area contributed by atoms with Crippen molar-refractivity contribution in [2.45, 2.75) is 45.6 Å². The highest BCUT2D eigenvalue weighted by molar-refractivity contribution is 7.13. The molecule has 1 atom stereocenters. The molecular formula is C20H28N4OS. The van der Waals surface area contributed by atoms with Gasteiger partial charge in [0.15, 0.2) is 0 Å². The Morgan fingerprint density at radius 2 is 2.08 bits per heavy atom. The van der Waals surface area contributed by atoms with E-state index in [1.54, 1.807) is 23.7 Å². The van der Waals surface area contributed by atoms with Crippen molar-refractivity contribution in [3.63, 3.8) is 0 Å². The first kappa shape index (κ1) is 19.0. The third-order valence-corrected chi connectivity index (χ3v) is 6.06. The molecule has 1 aliphatic rings. The zero-order chi connectivity index (χ0) is 18.4. The highest BCUT2D eigenvalue weighted by Crippen LogP contribution is 2.23. The molecule has 0 aromatic carbocycles. The van der Waals surface area contributed by atoms with Gasteiger partial charge in [-0.15, -0.1) is 11.3 Å². The summed E-state index contributed by atoms with van der Waals surface area (Å²) in [4.78, 5) is 23.3. The third-order valence-electron chi connectivity index (χ3n) is 5.12. The first-order valence-corrected chi connectivity index (χ1v) is 10.4. The van der Waals surface area contributed by atoms with Crippen molar-refractivity contribution in [3.8, 4) is 10.6 Å². The lowest BCUT2D eigenvalue weighted by Crippen LogP contribution is -2.45. The molecule has 140 valence electrons. The van der Waals surface area contributed by atoms with E-state index < -0.39 is 0 Å². The van der Waals surface area contributed by atoms with Gasteiger partial charge in [-0.2, -0.15) is 0 Å². The monoisotopic (exact) mass is 372 g/mol. The number of likely N-dealkylation sites (tertiary alicyclic amines) is 1. The topological polar surface area (TPSA) is 58.1 Å². The molecule has 0 aliphatic carbocycles. The average molecular weight is 373 g/mol. The van der Waals surface area contributed by atoms with Crippen LogP contribution < -0.4 is 5.32 Å². The minimum absolute atomic E-state index is 0.112. The fourth-order valence-electron chi connectivity index (χ4n) is 3.24. The smallest absolute Gasteiger partial charge is 0.220 e. The Labute approximate surface area is 159 Å². The van der Waals surface area contributed by atoms with E-state index in [1.807, 2.05) is 17.5 Å². The van der Waals surface area contributed by atoms with Gasteiger partial charge in [-0.05, 0) is 57.3 Å². The molecule has 2 aromatic rings. The fraction of sp³-hybridized carbons (Fsp3) is 0.550. The molecule has 2 aromatic heterocycles. The van der Waals surface area contributed by atoms with Crippen LogP contribution in [0.15, 0.2) is 29.9 Å². The van der Waals surface area contributed by atoms with Crippen molar-refractivity contribution in [2.75, 3.05) is 19.6 Å².